The lowest BCUT2D eigenvalue weighted by Crippen LogP contribution is -2.21. The molecule has 200 valence electrons. The summed E-state index contributed by atoms with van der Waals surface area (Å²) in [5.74, 6) is 0.427. The predicted molar refractivity (Wildman–Crippen MR) is 145 cm³/mol. The van der Waals surface area contributed by atoms with Crippen LogP contribution in [0.1, 0.15) is 28.2 Å². The average molecular weight is 537 g/mol. The van der Waals surface area contributed by atoms with E-state index in [1.165, 1.54) is 12.1 Å². The Hall–Kier alpha value is -5.29. The van der Waals surface area contributed by atoms with Crippen molar-refractivity contribution in [1.29, 1.82) is 5.26 Å². The number of nitriles is 1. The molecule has 1 heterocycles. The van der Waals surface area contributed by atoms with Crippen LogP contribution >= 0.6 is 0 Å². The molecule has 0 aliphatic carbocycles. The molecule has 7 nitrogen and oxygen atoms in total. The summed E-state index contributed by atoms with van der Waals surface area (Å²) in [6, 6.07) is 27.8. The van der Waals surface area contributed by atoms with Gasteiger partial charge >= 0.3 is 5.97 Å². The van der Waals surface area contributed by atoms with Crippen LogP contribution in [0.15, 0.2) is 102 Å². The number of ether oxygens (including phenoxy) is 4. The molecular weight excluding hydrogens is 511 g/mol. The highest BCUT2D eigenvalue weighted by atomic mass is 19.1. The van der Waals surface area contributed by atoms with Gasteiger partial charge in [-0.05, 0) is 66.1 Å². The van der Waals surface area contributed by atoms with Gasteiger partial charge in [-0.25, -0.2) is 9.18 Å². The van der Waals surface area contributed by atoms with Crippen LogP contribution in [0.25, 0.3) is 0 Å². The minimum absolute atomic E-state index is 0.0251. The molecule has 0 bridgehead atoms. The Bertz CT molecular complexity index is 1610. The Balaban J connectivity index is 1.30. The number of allylic oxidation sites excluding steroid dienone is 1. The standard InChI is InChI=1S/C32H25FN2O5/c1-20-3-2-4-25(15-20)38-19-30(36)39-26-13-14-27-29(16-26)40-32(35)28(17-34)31(27)22-7-11-24(12-8-22)37-18-21-5-9-23(33)10-6-21/h2-16,31H,18-19,35H2,1H3. The summed E-state index contributed by atoms with van der Waals surface area (Å²) in [6.45, 7) is 1.95. The van der Waals surface area contributed by atoms with Crippen molar-refractivity contribution in [1.82, 2.24) is 0 Å². The van der Waals surface area contributed by atoms with Gasteiger partial charge in [-0.15, -0.1) is 0 Å². The van der Waals surface area contributed by atoms with E-state index in [0.717, 1.165) is 16.7 Å². The van der Waals surface area contributed by atoms with Crippen LogP contribution in [0.2, 0.25) is 0 Å². The summed E-state index contributed by atoms with van der Waals surface area (Å²) >= 11 is 0. The fourth-order valence-corrected chi connectivity index (χ4v) is 4.35. The van der Waals surface area contributed by atoms with Gasteiger partial charge in [-0.3, -0.25) is 0 Å². The molecule has 0 spiro atoms. The fourth-order valence-electron chi connectivity index (χ4n) is 4.35. The van der Waals surface area contributed by atoms with E-state index in [1.807, 2.05) is 37.3 Å². The van der Waals surface area contributed by atoms with Crippen LogP contribution < -0.4 is 24.7 Å². The zero-order chi connectivity index (χ0) is 28.1. The van der Waals surface area contributed by atoms with Crippen molar-refractivity contribution in [2.24, 2.45) is 5.73 Å². The molecule has 0 saturated carbocycles. The van der Waals surface area contributed by atoms with E-state index in [4.69, 9.17) is 24.7 Å². The zero-order valence-corrected chi connectivity index (χ0v) is 21.6. The predicted octanol–water partition coefficient (Wildman–Crippen LogP) is 5.92. The minimum Gasteiger partial charge on any atom is -0.489 e. The van der Waals surface area contributed by atoms with Gasteiger partial charge in [-0.2, -0.15) is 5.26 Å². The van der Waals surface area contributed by atoms with E-state index in [-0.39, 0.29) is 36.2 Å². The van der Waals surface area contributed by atoms with Gasteiger partial charge in [0.25, 0.3) is 0 Å². The van der Waals surface area contributed by atoms with E-state index in [9.17, 15) is 14.4 Å². The van der Waals surface area contributed by atoms with Crippen molar-refractivity contribution in [2.45, 2.75) is 19.4 Å². The third-order valence-electron chi connectivity index (χ3n) is 6.30. The minimum atomic E-state index is -0.578. The van der Waals surface area contributed by atoms with Gasteiger partial charge in [0.2, 0.25) is 5.88 Å². The maximum Gasteiger partial charge on any atom is 0.349 e. The molecule has 1 unspecified atom stereocenters. The summed E-state index contributed by atoms with van der Waals surface area (Å²) in [5, 5.41) is 9.84. The lowest BCUT2D eigenvalue weighted by Gasteiger charge is -2.26. The number of rotatable bonds is 8. The summed E-state index contributed by atoms with van der Waals surface area (Å²) in [6.07, 6.45) is 0. The molecule has 1 atom stereocenters. The maximum absolute atomic E-state index is 13.1. The van der Waals surface area contributed by atoms with E-state index < -0.39 is 11.9 Å². The normalized spacial score (nSPS) is 14.0. The zero-order valence-electron chi connectivity index (χ0n) is 21.6. The first-order valence-electron chi connectivity index (χ1n) is 12.5. The Morgan fingerprint density at radius 1 is 0.950 bits per heavy atom. The first kappa shape index (κ1) is 26.3. The number of hydrogen-bond acceptors (Lipinski definition) is 7. The Morgan fingerprint density at radius 2 is 1.70 bits per heavy atom. The van der Waals surface area contributed by atoms with Crippen molar-refractivity contribution < 1.29 is 28.1 Å². The molecule has 4 aromatic rings. The van der Waals surface area contributed by atoms with Crippen molar-refractivity contribution in [3.63, 3.8) is 0 Å². The average Bonchev–Trinajstić information content (AvgIpc) is 2.95. The molecular formula is C32H25FN2O5. The van der Waals surface area contributed by atoms with Gasteiger partial charge in [0.1, 0.15) is 47.1 Å². The third kappa shape index (κ3) is 6.05. The molecule has 0 radical (unpaired) electrons. The van der Waals surface area contributed by atoms with Crippen LogP contribution in [-0.4, -0.2) is 12.6 Å². The van der Waals surface area contributed by atoms with Crippen LogP contribution in [-0.2, 0) is 11.4 Å². The lowest BCUT2D eigenvalue weighted by atomic mass is 9.83. The topological polar surface area (TPSA) is 104 Å². The molecule has 0 amide bonds. The fraction of sp³-hybridized carbons (Fsp3) is 0.125. The first-order chi connectivity index (χ1) is 19.4. The summed E-state index contributed by atoms with van der Waals surface area (Å²) < 4.78 is 35.6. The number of benzene rings is 4. The second-order valence-corrected chi connectivity index (χ2v) is 9.19. The molecule has 4 aromatic carbocycles. The van der Waals surface area contributed by atoms with Crippen LogP contribution in [0, 0.1) is 24.1 Å². The number of esters is 1. The molecule has 40 heavy (non-hydrogen) atoms. The van der Waals surface area contributed by atoms with E-state index in [2.05, 4.69) is 6.07 Å². The number of carbonyl (C=O) groups excluding carboxylic acids is 1. The summed E-state index contributed by atoms with van der Waals surface area (Å²) in [7, 11) is 0. The van der Waals surface area contributed by atoms with Crippen molar-refractivity contribution in [3.8, 4) is 29.1 Å². The molecule has 2 N–H and O–H groups in total. The summed E-state index contributed by atoms with van der Waals surface area (Å²) in [5.41, 5.74) is 9.73. The van der Waals surface area contributed by atoms with Crippen LogP contribution in [0.3, 0.4) is 0 Å². The van der Waals surface area contributed by atoms with Gasteiger partial charge in [-0.1, -0.05) is 42.5 Å². The van der Waals surface area contributed by atoms with Crippen LogP contribution in [0.4, 0.5) is 4.39 Å². The number of hydrogen-bond donors (Lipinski definition) is 1. The first-order valence-corrected chi connectivity index (χ1v) is 12.5. The Kier molecular flexibility index (Phi) is 7.65. The highest BCUT2D eigenvalue weighted by Gasteiger charge is 2.31. The van der Waals surface area contributed by atoms with Gasteiger partial charge in [0.05, 0.1) is 5.92 Å². The molecule has 5 rings (SSSR count). The quantitative estimate of drug-likeness (QED) is 0.220. The van der Waals surface area contributed by atoms with Crippen LogP contribution in [0.5, 0.6) is 23.0 Å². The Labute approximate surface area is 230 Å². The number of nitrogens with two attached hydrogens (primary N) is 1. The largest absolute Gasteiger partial charge is 0.489 e. The number of halogens is 1. The molecule has 1 aliphatic heterocycles. The monoisotopic (exact) mass is 536 g/mol. The summed E-state index contributed by atoms with van der Waals surface area (Å²) in [4.78, 5) is 12.4. The second-order valence-electron chi connectivity index (χ2n) is 9.19. The number of nitrogens with zero attached hydrogens (tertiary/aromatic N) is 1. The van der Waals surface area contributed by atoms with E-state index in [0.29, 0.717) is 22.8 Å². The maximum atomic E-state index is 13.1. The van der Waals surface area contributed by atoms with Crippen molar-refractivity contribution >= 4 is 5.97 Å². The van der Waals surface area contributed by atoms with Crippen molar-refractivity contribution in [3.05, 3.63) is 131 Å². The number of aryl methyl sites for hydroxylation is 1. The SMILES string of the molecule is Cc1cccc(OCC(=O)Oc2ccc3c(c2)OC(N)=C(C#N)C3c2ccc(OCc3ccc(F)cc3)cc2)c1. The molecule has 0 fully saturated rings. The van der Waals surface area contributed by atoms with Crippen molar-refractivity contribution in [2.75, 3.05) is 6.61 Å². The lowest BCUT2D eigenvalue weighted by molar-refractivity contribution is -0.136. The van der Waals surface area contributed by atoms with Gasteiger partial charge in [0.15, 0.2) is 6.61 Å². The third-order valence-corrected chi connectivity index (χ3v) is 6.30. The van der Waals surface area contributed by atoms with E-state index in [1.54, 1.807) is 48.5 Å². The molecule has 0 saturated heterocycles. The molecule has 1 aliphatic rings. The molecule has 8 heteroatoms. The van der Waals surface area contributed by atoms with Gasteiger partial charge in [0, 0.05) is 11.6 Å². The van der Waals surface area contributed by atoms with Gasteiger partial charge < -0.3 is 24.7 Å². The molecule has 0 aromatic heterocycles. The number of carbonyl (C=O) groups is 1. The second kappa shape index (κ2) is 11.6. The highest BCUT2D eigenvalue weighted by molar-refractivity contribution is 5.74. The van der Waals surface area contributed by atoms with E-state index >= 15 is 0 Å². The number of fused-ring (bicyclic) bond motifs is 1. The Morgan fingerprint density at radius 3 is 2.42 bits per heavy atom. The smallest absolute Gasteiger partial charge is 0.349 e. The highest BCUT2D eigenvalue weighted by Crippen LogP contribution is 2.43.